The minimum Gasteiger partial charge on any atom is -0.312 e. The van der Waals surface area contributed by atoms with Crippen molar-refractivity contribution in [2.45, 2.75) is 32.2 Å². The molecule has 0 spiro atoms. The van der Waals surface area contributed by atoms with Gasteiger partial charge in [-0.05, 0) is 32.9 Å². The molecule has 0 aromatic rings. The molecule has 1 unspecified atom stereocenters. The van der Waals surface area contributed by atoms with E-state index < -0.39 is 0 Å². The van der Waals surface area contributed by atoms with Crippen molar-refractivity contribution in [3.8, 4) is 12.3 Å². The number of hydrogen-bond acceptors (Lipinski definition) is 2. The summed E-state index contributed by atoms with van der Waals surface area (Å²) in [5.74, 6) is 2.67. The highest BCUT2D eigenvalue weighted by Crippen LogP contribution is 2.05. The lowest BCUT2D eigenvalue weighted by molar-refractivity contribution is 0.329. The van der Waals surface area contributed by atoms with Crippen LogP contribution in [0, 0.1) is 12.3 Å². The normalized spacial score (nSPS) is 20.0. The molecule has 0 aromatic carbocycles. The highest BCUT2D eigenvalue weighted by atomic mass is 15.1. The molecule has 1 N–H and O–H groups in total. The summed E-state index contributed by atoms with van der Waals surface area (Å²) in [4.78, 5) is 2.51. The molecule has 1 rings (SSSR count). The van der Waals surface area contributed by atoms with Gasteiger partial charge in [-0.25, -0.2) is 0 Å². The van der Waals surface area contributed by atoms with Crippen LogP contribution in [0.1, 0.15) is 26.2 Å². The molecule has 0 amide bonds. The molecule has 0 aromatic heterocycles. The van der Waals surface area contributed by atoms with Crippen LogP contribution in [-0.4, -0.2) is 37.1 Å². The van der Waals surface area contributed by atoms with E-state index in [1.165, 1.54) is 32.5 Å². The van der Waals surface area contributed by atoms with Gasteiger partial charge in [0.1, 0.15) is 0 Å². The minimum atomic E-state index is 0.465. The third-order valence-electron chi connectivity index (χ3n) is 2.54. The molecule has 1 heterocycles. The van der Waals surface area contributed by atoms with Gasteiger partial charge in [-0.15, -0.1) is 12.3 Å². The standard InChI is InChI=1S/C11H20N2/c1-3-6-11(2)12-7-10-13-8-4-5-9-13/h1,11-12H,4-10H2,2H3. The Morgan fingerprint density at radius 3 is 2.77 bits per heavy atom. The number of nitrogens with one attached hydrogen (secondary N) is 1. The van der Waals surface area contributed by atoms with Gasteiger partial charge in [-0.1, -0.05) is 0 Å². The molecule has 13 heavy (non-hydrogen) atoms. The van der Waals surface area contributed by atoms with Crippen LogP contribution in [-0.2, 0) is 0 Å². The van der Waals surface area contributed by atoms with Gasteiger partial charge in [-0.3, -0.25) is 0 Å². The summed E-state index contributed by atoms with van der Waals surface area (Å²) in [6.45, 7) is 6.96. The average molecular weight is 180 g/mol. The van der Waals surface area contributed by atoms with Crippen molar-refractivity contribution in [3.05, 3.63) is 0 Å². The third kappa shape index (κ3) is 4.31. The van der Waals surface area contributed by atoms with Gasteiger partial charge in [0.2, 0.25) is 0 Å². The first-order chi connectivity index (χ1) is 6.33. The Kier molecular flexibility index (Phi) is 4.88. The van der Waals surface area contributed by atoms with Crippen molar-refractivity contribution in [1.82, 2.24) is 10.2 Å². The molecule has 2 heteroatoms. The molecule has 0 aliphatic carbocycles. The van der Waals surface area contributed by atoms with Crippen LogP contribution in [0.5, 0.6) is 0 Å². The zero-order valence-corrected chi connectivity index (χ0v) is 8.55. The van der Waals surface area contributed by atoms with Crippen LogP contribution in [0.15, 0.2) is 0 Å². The summed E-state index contributed by atoms with van der Waals surface area (Å²) in [7, 11) is 0. The third-order valence-corrected chi connectivity index (χ3v) is 2.54. The Balaban J connectivity index is 1.97. The topological polar surface area (TPSA) is 15.3 Å². The zero-order chi connectivity index (χ0) is 9.52. The van der Waals surface area contributed by atoms with E-state index in [1.807, 2.05) is 0 Å². The number of likely N-dealkylation sites (tertiary alicyclic amines) is 1. The van der Waals surface area contributed by atoms with E-state index in [0.717, 1.165) is 13.0 Å². The molecule has 0 bridgehead atoms. The van der Waals surface area contributed by atoms with E-state index in [9.17, 15) is 0 Å². The molecule has 1 aliphatic rings. The largest absolute Gasteiger partial charge is 0.312 e. The van der Waals surface area contributed by atoms with Crippen LogP contribution in [0.4, 0.5) is 0 Å². The van der Waals surface area contributed by atoms with Crippen LogP contribution >= 0.6 is 0 Å². The highest BCUT2D eigenvalue weighted by molar-refractivity contribution is 4.88. The van der Waals surface area contributed by atoms with Crippen molar-refractivity contribution in [3.63, 3.8) is 0 Å². The fraction of sp³-hybridized carbons (Fsp3) is 0.818. The summed E-state index contributed by atoms with van der Waals surface area (Å²) in [5.41, 5.74) is 0. The van der Waals surface area contributed by atoms with E-state index in [4.69, 9.17) is 6.42 Å². The monoisotopic (exact) mass is 180 g/mol. The van der Waals surface area contributed by atoms with Crippen molar-refractivity contribution in [2.75, 3.05) is 26.2 Å². The second kappa shape index (κ2) is 6.01. The maximum atomic E-state index is 5.22. The first kappa shape index (κ1) is 10.6. The minimum absolute atomic E-state index is 0.465. The lowest BCUT2D eigenvalue weighted by atomic mass is 10.2. The maximum Gasteiger partial charge on any atom is 0.0238 e. The summed E-state index contributed by atoms with van der Waals surface area (Å²) in [6, 6.07) is 0.465. The molecule has 1 fully saturated rings. The Morgan fingerprint density at radius 2 is 2.15 bits per heavy atom. The summed E-state index contributed by atoms with van der Waals surface area (Å²) in [6.07, 6.45) is 8.81. The Hall–Kier alpha value is -0.520. The lowest BCUT2D eigenvalue weighted by Crippen LogP contribution is -2.34. The molecule has 2 nitrogen and oxygen atoms in total. The van der Waals surface area contributed by atoms with E-state index in [1.54, 1.807) is 0 Å². The van der Waals surface area contributed by atoms with Gasteiger partial charge in [-0.2, -0.15) is 0 Å². The first-order valence-corrected chi connectivity index (χ1v) is 5.22. The maximum absolute atomic E-state index is 5.22. The summed E-state index contributed by atoms with van der Waals surface area (Å²) >= 11 is 0. The van der Waals surface area contributed by atoms with Crippen LogP contribution in [0.3, 0.4) is 0 Å². The predicted molar refractivity (Wildman–Crippen MR) is 56.6 cm³/mol. The van der Waals surface area contributed by atoms with Crippen molar-refractivity contribution >= 4 is 0 Å². The number of hydrogen-bond donors (Lipinski definition) is 1. The lowest BCUT2D eigenvalue weighted by Gasteiger charge is -2.16. The van der Waals surface area contributed by atoms with Crippen molar-refractivity contribution in [2.24, 2.45) is 0 Å². The molecule has 1 aliphatic heterocycles. The number of rotatable bonds is 5. The molecule has 74 valence electrons. The van der Waals surface area contributed by atoms with Crippen molar-refractivity contribution < 1.29 is 0 Å². The molecule has 0 saturated carbocycles. The average Bonchev–Trinajstić information content (AvgIpc) is 2.57. The van der Waals surface area contributed by atoms with Crippen LogP contribution in [0.2, 0.25) is 0 Å². The number of terminal acetylenes is 1. The highest BCUT2D eigenvalue weighted by Gasteiger charge is 2.10. The van der Waals surface area contributed by atoms with E-state index >= 15 is 0 Å². The van der Waals surface area contributed by atoms with Gasteiger partial charge < -0.3 is 10.2 Å². The van der Waals surface area contributed by atoms with Gasteiger partial charge >= 0.3 is 0 Å². The van der Waals surface area contributed by atoms with Gasteiger partial charge in [0.15, 0.2) is 0 Å². The van der Waals surface area contributed by atoms with Gasteiger partial charge in [0, 0.05) is 25.6 Å². The molecule has 1 saturated heterocycles. The Labute approximate surface area is 81.7 Å². The molecule has 0 radical (unpaired) electrons. The first-order valence-electron chi connectivity index (χ1n) is 5.22. The SMILES string of the molecule is C#CCC(C)NCCN1CCCC1. The number of nitrogens with zero attached hydrogens (tertiary/aromatic N) is 1. The molecule has 1 atom stereocenters. The smallest absolute Gasteiger partial charge is 0.0238 e. The van der Waals surface area contributed by atoms with Gasteiger partial charge in [0.05, 0.1) is 0 Å². The second-order valence-corrected chi connectivity index (χ2v) is 3.81. The molecular formula is C11H20N2. The summed E-state index contributed by atoms with van der Waals surface area (Å²) < 4.78 is 0. The van der Waals surface area contributed by atoms with Crippen LogP contribution < -0.4 is 5.32 Å². The van der Waals surface area contributed by atoms with Gasteiger partial charge in [0.25, 0.3) is 0 Å². The molecular weight excluding hydrogens is 160 g/mol. The quantitative estimate of drug-likeness (QED) is 0.637. The second-order valence-electron chi connectivity index (χ2n) is 3.81. The fourth-order valence-corrected chi connectivity index (χ4v) is 1.72. The Bertz CT molecular complexity index is 165. The van der Waals surface area contributed by atoms with E-state index in [-0.39, 0.29) is 0 Å². The van der Waals surface area contributed by atoms with E-state index in [0.29, 0.717) is 6.04 Å². The fourth-order valence-electron chi connectivity index (χ4n) is 1.72. The van der Waals surface area contributed by atoms with E-state index in [2.05, 4.69) is 23.1 Å². The zero-order valence-electron chi connectivity index (χ0n) is 8.55. The summed E-state index contributed by atoms with van der Waals surface area (Å²) in [5, 5.41) is 3.43. The van der Waals surface area contributed by atoms with Crippen molar-refractivity contribution in [1.29, 1.82) is 0 Å². The Morgan fingerprint density at radius 1 is 1.46 bits per heavy atom. The van der Waals surface area contributed by atoms with Crippen LogP contribution in [0.25, 0.3) is 0 Å². The predicted octanol–water partition coefficient (Wildman–Crippen LogP) is 1.08.